The average Bonchev–Trinajstić information content (AvgIpc) is 3.21. The summed E-state index contributed by atoms with van der Waals surface area (Å²) in [5, 5.41) is 0. The standard InChI is InChI=1S/C24H25F2N3O/c1-3-4-14-28-16-29-21(17(2)27-22(29)23(28)30)19-10-12-20(13-11-19)24(25,26)15-18-8-6-5-7-9-18/h5-13H,3-4,14-16H2,1-2H3. The number of amides is 1. The number of benzene rings is 2. The number of imidazole rings is 1. The van der Waals surface area contributed by atoms with Gasteiger partial charge in [-0.3, -0.25) is 4.79 Å². The normalized spacial score (nSPS) is 13.7. The van der Waals surface area contributed by atoms with E-state index in [2.05, 4.69) is 11.9 Å². The highest BCUT2D eigenvalue weighted by Gasteiger charge is 2.34. The van der Waals surface area contributed by atoms with Crippen LogP contribution >= 0.6 is 0 Å². The van der Waals surface area contributed by atoms with E-state index in [1.165, 1.54) is 12.1 Å². The summed E-state index contributed by atoms with van der Waals surface area (Å²) in [6.45, 7) is 5.09. The van der Waals surface area contributed by atoms with Crippen molar-refractivity contribution in [2.45, 2.75) is 45.7 Å². The Hall–Kier alpha value is -3.02. The summed E-state index contributed by atoms with van der Waals surface area (Å²) in [5.41, 5.74) is 2.92. The van der Waals surface area contributed by atoms with Gasteiger partial charge in [0.25, 0.3) is 11.8 Å². The summed E-state index contributed by atoms with van der Waals surface area (Å²) in [7, 11) is 0. The number of carbonyl (C=O) groups excluding carboxylic acids is 1. The monoisotopic (exact) mass is 409 g/mol. The quantitative estimate of drug-likeness (QED) is 0.524. The van der Waals surface area contributed by atoms with Gasteiger partial charge >= 0.3 is 0 Å². The number of nitrogens with zero attached hydrogens (tertiary/aromatic N) is 3. The Kier molecular flexibility index (Phi) is 5.41. The second kappa shape index (κ2) is 8.01. The van der Waals surface area contributed by atoms with E-state index < -0.39 is 5.92 Å². The lowest BCUT2D eigenvalue weighted by molar-refractivity contribution is -0.00381. The first-order valence-electron chi connectivity index (χ1n) is 10.3. The summed E-state index contributed by atoms with van der Waals surface area (Å²) in [6, 6.07) is 15.1. The Morgan fingerprint density at radius 1 is 1.07 bits per heavy atom. The molecule has 1 amide bonds. The first-order valence-corrected chi connectivity index (χ1v) is 10.3. The largest absolute Gasteiger partial charge is 0.318 e. The maximum atomic E-state index is 14.8. The highest BCUT2D eigenvalue weighted by molar-refractivity contribution is 5.94. The molecule has 156 valence electrons. The third kappa shape index (κ3) is 3.74. The Bertz CT molecular complexity index is 1040. The fourth-order valence-electron chi connectivity index (χ4n) is 3.96. The Morgan fingerprint density at radius 3 is 2.43 bits per heavy atom. The fraction of sp³-hybridized carbons (Fsp3) is 0.333. The zero-order valence-electron chi connectivity index (χ0n) is 17.2. The molecule has 0 bridgehead atoms. The maximum absolute atomic E-state index is 14.8. The molecule has 3 aromatic rings. The highest BCUT2D eigenvalue weighted by atomic mass is 19.3. The van der Waals surface area contributed by atoms with E-state index in [1.807, 2.05) is 17.6 Å². The second-order valence-corrected chi connectivity index (χ2v) is 7.81. The average molecular weight is 409 g/mol. The number of hydrogen-bond acceptors (Lipinski definition) is 2. The van der Waals surface area contributed by atoms with E-state index in [0.29, 0.717) is 24.6 Å². The van der Waals surface area contributed by atoms with Crippen LogP contribution in [0.2, 0.25) is 0 Å². The zero-order valence-corrected chi connectivity index (χ0v) is 17.2. The van der Waals surface area contributed by atoms with Gasteiger partial charge in [0.05, 0.1) is 18.1 Å². The number of aryl methyl sites for hydroxylation is 1. The molecule has 0 N–H and O–H groups in total. The van der Waals surface area contributed by atoms with Gasteiger partial charge in [-0.1, -0.05) is 67.9 Å². The van der Waals surface area contributed by atoms with Gasteiger partial charge in [0.15, 0.2) is 0 Å². The van der Waals surface area contributed by atoms with Crippen molar-refractivity contribution < 1.29 is 13.6 Å². The molecule has 0 spiro atoms. The first-order chi connectivity index (χ1) is 14.4. The number of rotatable bonds is 7. The number of halogens is 2. The van der Waals surface area contributed by atoms with Crippen molar-refractivity contribution in [2.75, 3.05) is 6.54 Å². The molecule has 2 heterocycles. The molecule has 4 rings (SSSR count). The molecular weight excluding hydrogens is 384 g/mol. The van der Waals surface area contributed by atoms with E-state index in [-0.39, 0.29) is 17.9 Å². The summed E-state index contributed by atoms with van der Waals surface area (Å²) in [5.74, 6) is -2.60. The van der Waals surface area contributed by atoms with Crippen LogP contribution in [0.5, 0.6) is 0 Å². The number of alkyl halides is 2. The number of hydrogen-bond donors (Lipinski definition) is 0. The summed E-state index contributed by atoms with van der Waals surface area (Å²) in [6.07, 6.45) is 1.61. The Morgan fingerprint density at radius 2 is 1.77 bits per heavy atom. The number of carbonyl (C=O) groups is 1. The molecule has 6 heteroatoms. The molecule has 0 fully saturated rings. The minimum atomic E-state index is -2.96. The molecule has 1 aromatic heterocycles. The lowest BCUT2D eigenvalue weighted by atomic mass is 9.98. The van der Waals surface area contributed by atoms with E-state index in [4.69, 9.17) is 0 Å². The van der Waals surface area contributed by atoms with Crippen LogP contribution in [0.1, 0.15) is 47.2 Å². The van der Waals surface area contributed by atoms with Crippen LogP contribution in [-0.2, 0) is 19.0 Å². The molecule has 1 aliphatic rings. The topological polar surface area (TPSA) is 38.1 Å². The van der Waals surface area contributed by atoms with Gasteiger partial charge < -0.3 is 9.47 Å². The number of unbranched alkanes of at least 4 members (excludes halogenated alkanes) is 1. The van der Waals surface area contributed by atoms with Crippen molar-refractivity contribution in [1.82, 2.24) is 14.5 Å². The maximum Gasteiger partial charge on any atom is 0.291 e. The molecule has 0 aliphatic carbocycles. The van der Waals surface area contributed by atoms with E-state index in [1.54, 1.807) is 41.3 Å². The van der Waals surface area contributed by atoms with Crippen molar-refractivity contribution in [3.63, 3.8) is 0 Å². The van der Waals surface area contributed by atoms with Gasteiger partial charge in [0.2, 0.25) is 5.82 Å². The smallest absolute Gasteiger partial charge is 0.291 e. The Labute approximate surface area is 175 Å². The minimum absolute atomic E-state index is 0.0189. The summed E-state index contributed by atoms with van der Waals surface area (Å²) >= 11 is 0. The van der Waals surface area contributed by atoms with Crippen LogP contribution in [0.15, 0.2) is 54.6 Å². The number of aromatic nitrogens is 2. The molecule has 0 saturated heterocycles. The van der Waals surface area contributed by atoms with Crippen molar-refractivity contribution in [3.05, 3.63) is 77.2 Å². The zero-order chi connectivity index (χ0) is 21.3. The molecule has 2 aromatic carbocycles. The molecule has 0 unspecified atom stereocenters. The Balaban J connectivity index is 1.59. The third-order valence-corrected chi connectivity index (χ3v) is 5.56. The fourth-order valence-corrected chi connectivity index (χ4v) is 3.96. The molecule has 0 atom stereocenters. The SMILES string of the molecule is CCCCN1Cn2c(nc(C)c2-c2ccc(C(F)(F)Cc3ccccc3)cc2)C1=O. The highest BCUT2D eigenvalue weighted by Crippen LogP contribution is 2.35. The van der Waals surface area contributed by atoms with Crippen LogP contribution in [0.3, 0.4) is 0 Å². The second-order valence-electron chi connectivity index (χ2n) is 7.81. The van der Waals surface area contributed by atoms with E-state index in [9.17, 15) is 13.6 Å². The van der Waals surface area contributed by atoms with E-state index in [0.717, 1.165) is 29.8 Å². The predicted octanol–water partition coefficient (Wildman–Crippen LogP) is 5.41. The van der Waals surface area contributed by atoms with Crippen LogP contribution in [0.4, 0.5) is 8.78 Å². The summed E-state index contributed by atoms with van der Waals surface area (Å²) < 4.78 is 31.4. The van der Waals surface area contributed by atoms with Gasteiger partial charge in [0, 0.05) is 24.1 Å². The van der Waals surface area contributed by atoms with Crippen molar-refractivity contribution in [1.29, 1.82) is 0 Å². The van der Waals surface area contributed by atoms with Gasteiger partial charge in [-0.25, -0.2) is 13.8 Å². The predicted molar refractivity (Wildman–Crippen MR) is 112 cm³/mol. The molecule has 30 heavy (non-hydrogen) atoms. The van der Waals surface area contributed by atoms with Gasteiger partial charge in [0.1, 0.15) is 0 Å². The lowest BCUT2D eigenvalue weighted by Crippen LogP contribution is -2.26. The van der Waals surface area contributed by atoms with Gasteiger partial charge in [-0.05, 0) is 18.9 Å². The van der Waals surface area contributed by atoms with Crippen molar-refractivity contribution >= 4 is 5.91 Å². The molecule has 0 radical (unpaired) electrons. The van der Waals surface area contributed by atoms with Crippen LogP contribution in [0, 0.1) is 6.92 Å². The molecule has 4 nitrogen and oxygen atoms in total. The van der Waals surface area contributed by atoms with Gasteiger partial charge in [-0.2, -0.15) is 0 Å². The van der Waals surface area contributed by atoms with Crippen LogP contribution in [0.25, 0.3) is 11.3 Å². The van der Waals surface area contributed by atoms with Crippen molar-refractivity contribution in [2.24, 2.45) is 0 Å². The molecule has 1 aliphatic heterocycles. The number of fused-ring (bicyclic) bond motifs is 1. The van der Waals surface area contributed by atoms with E-state index >= 15 is 0 Å². The first kappa shape index (κ1) is 20.3. The molecular formula is C24H25F2N3O. The van der Waals surface area contributed by atoms with Crippen LogP contribution < -0.4 is 0 Å². The van der Waals surface area contributed by atoms with Gasteiger partial charge in [-0.15, -0.1) is 0 Å². The molecule has 0 saturated carbocycles. The van der Waals surface area contributed by atoms with Crippen molar-refractivity contribution in [3.8, 4) is 11.3 Å². The third-order valence-electron chi connectivity index (χ3n) is 5.56. The lowest BCUT2D eigenvalue weighted by Gasteiger charge is -2.18. The summed E-state index contributed by atoms with van der Waals surface area (Å²) in [4.78, 5) is 18.8. The van der Waals surface area contributed by atoms with Crippen LogP contribution in [-0.4, -0.2) is 26.9 Å². The minimum Gasteiger partial charge on any atom is -0.318 e.